The van der Waals surface area contributed by atoms with Crippen molar-refractivity contribution in [2.24, 2.45) is 4.99 Å². The van der Waals surface area contributed by atoms with E-state index in [1.54, 1.807) is 23.5 Å². The molecule has 2 aromatic heterocycles. The lowest BCUT2D eigenvalue weighted by molar-refractivity contribution is 0.281. The molecule has 1 aliphatic rings. The second kappa shape index (κ2) is 9.11. The van der Waals surface area contributed by atoms with Crippen LogP contribution in [0, 0.1) is 11.3 Å². The molecule has 0 amide bonds. The first-order valence-electron chi connectivity index (χ1n) is 10.3. The van der Waals surface area contributed by atoms with Gasteiger partial charge in [-0.1, -0.05) is 24.8 Å². The van der Waals surface area contributed by atoms with E-state index in [9.17, 15) is 0 Å². The Morgan fingerprint density at radius 2 is 2.06 bits per heavy atom. The highest BCUT2D eigenvalue weighted by Gasteiger charge is 2.17. The number of nitrogens with two attached hydrogens (primary N) is 1. The molecular formula is C24H24N6S. The quantitative estimate of drug-likeness (QED) is 0.444. The fourth-order valence-corrected chi connectivity index (χ4v) is 4.94. The van der Waals surface area contributed by atoms with Gasteiger partial charge in [-0.3, -0.25) is 0 Å². The highest BCUT2D eigenvalue weighted by Crippen LogP contribution is 2.32. The molecule has 0 aliphatic carbocycles. The van der Waals surface area contributed by atoms with Crippen LogP contribution < -0.4 is 5.73 Å². The van der Waals surface area contributed by atoms with Gasteiger partial charge in [0.05, 0.1) is 17.0 Å². The van der Waals surface area contributed by atoms with Gasteiger partial charge in [0.25, 0.3) is 0 Å². The van der Waals surface area contributed by atoms with E-state index in [2.05, 4.69) is 34.2 Å². The van der Waals surface area contributed by atoms with Crippen LogP contribution in [0.2, 0.25) is 0 Å². The molecule has 156 valence electrons. The topological polar surface area (TPSA) is 91.2 Å². The number of hydrogen-bond acceptors (Lipinski definition) is 7. The van der Waals surface area contributed by atoms with Crippen LogP contribution in [0.4, 0.5) is 5.82 Å². The fourth-order valence-electron chi connectivity index (χ4n) is 3.88. The van der Waals surface area contributed by atoms with Gasteiger partial charge >= 0.3 is 0 Å². The van der Waals surface area contributed by atoms with Crippen LogP contribution in [0.3, 0.4) is 0 Å². The number of nitrogens with zero attached hydrogens (tertiary/aromatic N) is 5. The predicted octanol–water partition coefficient (Wildman–Crippen LogP) is 4.94. The average Bonchev–Trinajstić information content (AvgIpc) is 3.23. The lowest BCUT2D eigenvalue weighted by atomic mass is 10.1. The SMILES string of the molecule is C=C/C(Cc1cc2c(N)nc(-c3cccc(C#N)c3)nc2s1)=C(\N=C)N1CCCCC1. The average molecular weight is 429 g/mol. The standard InChI is InChI=1S/C24H24N6S/c1-3-17(23(27-2)30-10-5-4-6-11-30)13-19-14-20-21(26)28-22(29-24(20)31-19)18-9-7-8-16(12-18)15-25/h3,7-9,12,14H,1-2,4-6,10-11,13H2,(H2,26,28,29)/b23-17-. The maximum atomic E-state index is 9.16. The number of nitriles is 1. The first-order chi connectivity index (χ1) is 15.1. The predicted molar refractivity (Wildman–Crippen MR) is 128 cm³/mol. The summed E-state index contributed by atoms with van der Waals surface area (Å²) in [6.07, 6.45) is 6.17. The Bertz CT molecular complexity index is 1210. The number of anilines is 1. The van der Waals surface area contributed by atoms with Crippen molar-refractivity contribution < 1.29 is 0 Å². The molecule has 6 nitrogen and oxygen atoms in total. The molecule has 2 N–H and O–H groups in total. The Morgan fingerprint density at radius 3 is 2.77 bits per heavy atom. The van der Waals surface area contributed by atoms with E-state index in [0.29, 0.717) is 23.6 Å². The van der Waals surface area contributed by atoms with E-state index in [4.69, 9.17) is 16.0 Å². The van der Waals surface area contributed by atoms with Crippen molar-refractivity contribution in [2.75, 3.05) is 18.8 Å². The van der Waals surface area contributed by atoms with E-state index >= 15 is 0 Å². The van der Waals surface area contributed by atoms with Crippen LogP contribution in [-0.2, 0) is 6.42 Å². The number of fused-ring (bicyclic) bond motifs is 1. The Hall–Kier alpha value is -3.50. The molecule has 0 unspecified atom stereocenters. The number of allylic oxidation sites excluding steroid dienone is 2. The third-order valence-corrected chi connectivity index (χ3v) is 6.46. The second-order valence-electron chi connectivity index (χ2n) is 7.49. The molecule has 0 bridgehead atoms. The van der Waals surface area contributed by atoms with Crippen molar-refractivity contribution in [3.05, 3.63) is 64.8 Å². The zero-order valence-electron chi connectivity index (χ0n) is 17.3. The Balaban J connectivity index is 1.69. The number of piperidine rings is 1. The number of benzene rings is 1. The normalized spacial score (nSPS) is 14.7. The van der Waals surface area contributed by atoms with Gasteiger partial charge in [-0.25, -0.2) is 15.0 Å². The van der Waals surface area contributed by atoms with Gasteiger partial charge < -0.3 is 10.6 Å². The summed E-state index contributed by atoms with van der Waals surface area (Å²) in [4.78, 5) is 17.8. The number of likely N-dealkylation sites (tertiary alicyclic amines) is 1. The molecule has 1 aliphatic heterocycles. The van der Waals surface area contributed by atoms with Crippen LogP contribution >= 0.6 is 11.3 Å². The van der Waals surface area contributed by atoms with E-state index in [-0.39, 0.29) is 0 Å². The van der Waals surface area contributed by atoms with Gasteiger partial charge in [0.1, 0.15) is 16.5 Å². The largest absolute Gasteiger partial charge is 0.383 e. The number of hydrogen-bond donors (Lipinski definition) is 1. The maximum absolute atomic E-state index is 9.16. The summed E-state index contributed by atoms with van der Waals surface area (Å²) in [6, 6.07) is 11.4. The molecule has 3 heterocycles. The minimum absolute atomic E-state index is 0.437. The number of thiophene rings is 1. The number of nitrogen functional groups attached to an aromatic ring is 1. The van der Waals surface area contributed by atoms with Gasteiger partial charge in [0.15, 0.2) is 5.82 Å². The highest BCUT2D eigenvalue weighted by molar-refractivity contribution is 7.18. The molecule has 0 atom stereocenters. The third kappa shape index (κ3) is 4.35. The summed E-state index contributed by atoms with van der Waals surface area (Å²) in [5.41, 5.74) is 8.66. The van der Waals surface area contributed by atoms with Crippen molar-refractivity contribution in [1.82, 2.24) is 14.9 Å². The van der Waals surface area contributed by atoms with Gasteiger partial charge in [-0.05, 0) is 49.8 Å². The van der Waals surface area contributed by atoms with Crippen LogP contribution in [-0.4, -0.2) is 34.7 Å². The molecule has 1 fully saturated rings. The molecule has 0 spiro atoms. The Labute approximate surface area is 186 Å². The second-order valence-corrected chi connectivity index (χ2v) is 8.61. The van der Waals surface area contributed by atoms with E-state index in [0.717, 1.165) is 45.1 Å². The fraction of sp³-hybridized carbons (Fsp3) is 0.250. The number of rotatable bonds is 6. The summed E-state index contributed by atoms with van der Waals surface area (Å²) < 4.78 is 0. The Kier molecular flexibility index (Phi) is 6.10. The lowest BCUT2D eigenvalue weighted by Gasteiger charge is -2.30. The molecule has 31 heavy (non-hydrogen) atoms. The molecule has 4 rings (SSSR count). The zero-order valence-corrected chi connectivity index (χ0v) is 18.2. The van der Waals surface area contributed by atoms with Crippen molar-refractivity contribution in [2.45, 2.75) is 25.7 Å². The molecule has 0 saturated carbocycles. The van der Waals surface area contributed by atoms with Gasteiger partial charge in [0.2, 0.25) is 0 Å². The van der Waals surface area contributed by atoms with Crippen molar-refractivity contribution in [1.29, 1.82) is 5.26 Å². The first kappa shape index (κ1) is 20.8. The van der Waals surface area contributed by atoms with Crippen molar-refractivity contribution >= 4 is 34.1 Å². The van der Waals surface area contributed by atoms with Crippen molar-refractivity contribution in [3.63, 3.8) is 0 Å². The van der Waals surface area contributed by atoms with Crippen LogP contribution in [0.1, 0.15) is 29.7 Å². The van der Waals surface area contributed by atoms with Gasteiger partial charge in [-0.2, -0.15) is 5.26 Å². The van der Waals surface area contributed by atoms with Crippen LogP contribution in [0.5, 0.6) is 0 Å². The molecule has 0 radical (unpaired) electrons. The van der Waals surface area contributed by atoms with E-state index < -0.39 is 0 Å². The molecular weight excluding hydrogens is 404 g/mol. The maximum Gasteiger partial charge on any atom is 0.163 e. The summed E-state index contributed by atoms with van der Waals surface area (Å²) in [6.45, 7) is 9.82. The first-order valence-corrected chi connectivity index (χ1v) is 11.1. The summed E-state index contributed by atoms with van der Waals surface area (Å²) >= 11 is 1.59. The van der Waals surface area contributed by atoms with E-state index in [1.807, 2.05) is 24.3 Å². The summed E-state index contributed by atoms with van der Waals surface area (Å²) in [5.74, 6) is 1.88. The zero-order chi connectivity index (χ0) is 21.8. The highest BCUT2D eigenvalue weighted by atomic mass is 32.1. The molecule has 1 aromatic carbocycles. The number of aromatic nitrogens is 2. The smallest absolute Gasteiger partial charge is 0.163 e. The monoisotopic (exact) mass is 428 g/mol. The van der Waals surface area contributed by atoms with Crippen LogP contribution in [0.25, 0.3) is 21.6 Å². The molecule has 7 heteroatoms. The van der Waals surface area contributed by atoms with Gasteiger partial charge in [-0.15, -0.1) is 11.3 Å². The summed E-state index contributed by atoms with van der Waals surface area (Å²) in [7, 11) is 0. The molecule has 3 aromatic rings. The summed E-state index contributed by atoms with van der Waals surface area (Å²) in [5, 5.41) is 10.0. The van der Waals surface area contributed by atoms with Crippen molar-refractivity contribution in [3.8, 4) is 17.5 Å². The Morgan fingerprint density at radius 1 is 1.26 bits per heavy atom. The van der Waals surface area contributed by atoms with Crippen LogP contribution in [0.15, 0.2) is 59.4 Å². The van der Waals surface area contributed by atoms with E-state index in [1.165, 1.54) is 19.3 Å². The molecule has 1 saturated heterocycles. The lowest BCUT2D eigenvalue weighted by Crippen LogP contribution is -2.29. The van der Waals surface area contributed by atoms with Gasteiger partial charge in [0, 0.05) is 30.0 Å². The third-order valence-electron chi connectivity index (χ3n) is 5.43. The number of aliphatic imine (C=N–C) groups is 1. The minimum atomic E-state index is 0.437. The minimum Gasteiger partial charge on any atom is -0.383 e.